The minimum absolute atomic E-state index is 0.132. The summed E-state index contributed by atoms with van der Waals surface area (Å²) in [6, 6.07) is 7.99. The summed E-state index contributed by atoms with van der Waals surface area (Å²) in [5, 5.41) is 3.64. The number of thiophene rings is 1. The largest absolute Gasteiger partial charge is 0.497 e. The first kappa shape index (κ1) is 21.7. The number of hydrogen-bond donors (Lipinski definition) is 1. The van der Waals surface area contributed by atoms with Crippen molar-refractivity contribution in [3.05, 3.63) is 52.3 Å². The number of carbonyl (C=O) groups is 2. The summed E-state index contributed by atoms with van der Waals surface area (Å²) in [5.41, 5.74) is 3.79. The first-order valence-corrected chi connectivity index (χ1v) is 12.3. The molecule has 1 aliphatic carbocycles. The van der Waals surface area contributed by atoms with Crippen LogP contribution in [0.25, 0.3) is 11.3 Å². The van der Waals surface area contributed by atoms with Gasteiger partial charge in [0.05, 0.1) is 32.2 Å². The van der Waals surface area contributed by atoms with E-state index < -0.39 is 0 Å². The van der Waals surface area contributed by atoms with Crippen LogP contribution in [0.4, 0.5) is 5.00 Å². The van der Waals surface area contributed by atoms with Crippen LogP contribution in [-0.4, -0.2) is 30.2 Å². The van der Waals surface area contributed by atoms with Crippen molar-refractivity contribution in [3.8, 4) is 17.0 Å². The molecule has 0 spiro atoms. The molecular formula is C25H28N3O4S+. The van der Waals surface area contributed by atoms with Gasteiger partial charge in [0.2, 0.25) is 0 Å². The summed E-state index contributed by atoms with van der Waals surface area (Å²) in [6.07, 6.45) is 6.91. The summed E-state index contributed by atoms with van der Waals surface area (Å²) >= 11 is 1.51. The second kappa shape index (κ2) is 9.02. The maximum Gasteiger partial charge on any atom is 0.341 e. The first-order valence-electron chi connectivity index (χ1n) is 11.5. The van der Waals surface area contributed by atoms with Crippen molar-refractivity contribution in [1.29, 1.82) is 0 Å². The summed E-state index contributed by atoms with van der Waals surface area (Å²) in [5.74, 6) is 1.49. The predicted octanol–water partition coefficient (Wildman–Crippen LogP) is 3.76. The van der Waals surface area contributed by atoms with E-state index in [-0.39, 0.29) is 18.4 Å². The van der Waals surface area contributed by atoms with E-state index in [2.05, 4.69) is 16.1 Å². The molecule has 1 amide bonds. The number of aryl methyl sites for hydroxylation is 1. The van der Waals surface area contributed by atoms with Crippen molar-refractivity contribution in [2.45, 2.75) is 52.1 Å². The standard InChI is InChI=1S/C25H27N3O4S/c1-3-32-25(30)23-18-6-4-7-20(18)33-24(23)26-21(29)15-27-14-19(28-13-5-8-22(27)28)16-9-11-17(31-2)12-10-16/h9-12,14H,3-8,13,15H2,1-2H3/p+1. The number of benzene rings is 1. The van der Waals surface area contributed by atoms with Crippen molar-refractivity contribution in [1.82, 2.24) is 4.57 Å². The predicted molar refractivity (Wildman–Crippen MR) is 126 cm³/mol. The fraction of sp³-hybridized carbons (Fsp3) is 0.400. The molecule has 172 valence electrons. The highest BCUT2D eigenvalue weighted by molar-refractivity contribution is 7.17. The van der Waals surface area contributed by atoms with Crippen molar-refractivity contribution in [2.75, 3.05) is 19.0 Å². The van der Waals surface area contributed by atoms with Crippen LogP contribution in [0.3, 0.4) is 0 Å². The first-order chi connectivity index (χ1) is 16.1. The van der Waals surface area contributed by atoms with Gasteiger partial charge in [-0.05, 0) is 62.4 Å². The van der Waals surface area contributed by atoms with E-state index in [4.69, 9.17) is 9.47 Å². The van der Waals surface area contributed by atoms with Crippen molar-refractivity contribution >= 4 is 28.2 Å². The van der Waals surface area contributed by atoms with Gasteiger partial charge in [0.25, 0.3) is 11.7 Å². The monoisotopic (exact) mass is 466 g/mol. The van der Waals surface area contributed by atoms with E-state index in [0.717, 1.165) is 67.0 Å². The Hall–Kier alpha value is -3.13. The van der Waals surface area contributed by atoms with Gasteiger partial charge >= 0.3 is 5.97 Å². The molecule has 0 atom stereocenters. The average Bonchev–Trinajstić information content (AvgIpc) is 3.56. The van der Waals surface area contributed by atoms with Crippen LogP contribution in [0.15, 0.2) is 30.5 Å². The van der Waals surface area contributed by atoms with Crippen LogP contribution < -0.4 is 14.6 Å². The topological polar surface area (TPSA) is 73.4 Å². The minimum atomic E-state index is -0.341. The molecule has 0 fully saturated rings. The van der Waals surface area contributed by atoms with Gasteiger partial charge in [-0.2, -0.15) is 0 Å². The van der Waals surface area contributed by atoms with Gasteiger partial charge in [0.1, 0.15) is 16.9 Å². The van der Waals surface area contributed by atoms with E-state index in [9.17, 15) is 9.59 Å². The lowest BCUT2D eigenvalue weighted by atomic mass is 10.1. The summed E-state index contributed by atoms with van der Waals surface area (Å²) in [7, 11) is 1.66. The molecule has 2 aromatic heterocycles. The molecule has 0 unspecified atom stereocenters. The molecule has 0 radical (unpaired) electrons. The smallest absolute Gasteiger partial charge is 0.341 e. The van der Waals surface area contributed by atoms with Crippen molar-refractivity contribution in [2.24, 2.45) is 0 Å². The zero-order valence-corrected chi connectivity index (χ0v) is 19.8. The molecule has 1 N–H and O–H groups in total. The Labute approximate surface area is 197 Å². The van der Waals surface area contributed by atoms with E-state index in [1.54, 1.807) is 14.0 Å². The van der Waals surface area contributed by atoms with Crippen LogP contribution in [0.5, 0.6) is 5.75 Å². The molecular weight excluding hydrogens is 438 g/mol. The lowest BCUT2D eigenvalue weighted by Gasteiger charge is -2.07. The number of ether oxygens (including phenoxy) is 2. The van der Waals surface area contributed by atoms with Gasteiger partial charge in [-0.15, -0.1) is 11.3 Å². The Bertz CT molecular complexity index is 1210. The Morgan fingerprint density at radius 2 is 1.97 bits per heavy atom. The molecule has 1 aliphatic heterocycles. The maximum absolute atomic E-state index is 13.1. The third-order valence-electron chi connectivity index (χ3n) is 6.35. The zero-order chi connectivity index (χ0) is 22.9. The minimum Gasteiger partial charge on any atom is -0.497 e. The highest BCUT2D eigenvalue weighted by Gasteiger charge is 2.31. The number of anilines is 1. The van der Waals surface area contributed by atoms with E-state index in [0.29, 0.717) is 17.2 Å². The van der Waals surface area contributed by atoms with Crippen LogP contribution >= 0.6 is 11.3 Å². The number of imidazole rings is 1. The number of aromatic nitrogens is 2. The fourth-order valence-electron chi connectivity index (χ4n) is 4.87. The van der Waals surface area contributed by atoms with Crippen LogP contribution in [-0.2, 0) is 41.9 Å². The molecule has 8 heteroatoms. The number of nitrogens with zero attached hydrogens (tertiary/aromatic N) is 2. The van der Waals surface area contributed by atoms with Gasteiger partial charge in [-0.1, -0.05) is 0 Å². The molecule has 3 heterocycles. The SMILES string of the molecule is CCOC(=O)c1c(NC(=O)C[n+]2cc(-c3ccc(OC)cc3)n3c2CCC3)sc2c1CCC2. The highest BCUT2D eigenvalue weighted by atomic mass is 32.1. The van der Waals surface area contributed by atoms with Gasteiger partial charge in [-0.25, -0.2) is 13.9 Å². The third kappa shape index (κ3) is 4.04. The van der Waals surface area contributed by atoms with Gasteiger partial charge in [-0.3, -0.25) is 4.79 Å². The molecule has 1 aromatic carbocycles. The van der Waals surface area contributed by atoms with Gasteiger partial charge in [0.15, 0.2) is 12.2 Å². The molecule has 3 aromatic rings. The maximum atomic E-state index is 13.1. The van der Waals surface area contributed by atoms with E-state index >= 15 is 0 Å². The molecule has 7 nitrogen and oxygen atoms in total. The van der Waals surface area contributed by atoms with Crippen LogP contribution in [0.2, 0.25) is 0 Å². The van der Waals surface area contributed by atoms with Gasteiger partial charge < -0.3 is 14.8 Å². The second-order valence-electron chi connectivity index (χ2n) is 8.37. The number of carbonyl (C=O) groups excluding carboxylic acids is 2. The Kier molecular flexibility index (Phi) is 5.93. The number of nitrogens with one attached hydrogen (secondary N) is 1. The zero-order valence-electron chi connectivity index (χ0n) is 19.0. The fourth-order valence-corrected chi connectivity index (χ4v) is 6.16. The number of hydrogen-bond acceptors (Lipinski definition) is 5. The molecule has 2 aliphatic rings. The lowest BCUT2D eigenvalue weighted by molar-refractivity contribution is -0.690. The number of amides is 1. The Balaban J connectivity index is 1.39. The lowest BCUT2D eigenvalue weighted by Crippen LogP contribution is -2.42. The number of methoxy groups -OCH3 is 1. The highest BCUT2D eigenvalue weighted by Crippen LogP contribution is 2.39. The van der Waals surface area contributed by atoms with Gasteiger partial charge in [0, 0.05) is 10.4 Å². The Morgan fingerprint density at radius 3 is 2.73 bits per heavy atom. The number of esters is 1. The molecule has 33 heavy (non-hydrogen) atoms. The number of rotatable bonds is 7. The Morgan fingerprint density at radius 1 is 1.15 bits per heavy atom. The molecule has 0 saturated heterocycles. The molecule has 5 rings (SSSR count). The average molecular weight is 467 g/mol. The quantitative estimate of drug-likeness (QED) is 0.425. The third-order valence-corrected chi connectivity index (χ3v) is 7.55. The van der Waals surface area contributed by atoms with Crippen LogP contribution in [0, 0.1) is 0 Å². The number of fused-ring (bicyclic) bond motifs is 2. The van der Waals surface area contributed by atoms with E-state index in [1.165, 1.54) is 16.2 Å². The van der Waals surface area contributed by atoms with Crippen molar-refractivity contribution in [3.63, 3.8) is 0 Å². The molecule has 0 saturated carbocycles. The second-order valence-corrected chi connectivity index (χ2v) is 9.48. The van der Waals surface area contributed by atoms with Crippen molar-refractivity contribution < 1.29 is 23.6 Å². The van der Waals surface area contributed by atoms with Crippen LogP contribution in [0.1, 0.15) is 46.4 Å². The molecule has 0 bridgehead atoms. The normalized spacial score (nSPS) is 14.1. The summed E-state index contributed by atoms with van der Waals surface area (Å²) in [4.78, 5) is 26.9. The summed E-state index contributed by atoms with van der Waals surface area (Å²) in [6.45, 7) is 3.26. The summed E-state index contributed by atoms with van der Waals surface area (Å²) < 4.78 is 14.9. The van der Waals surface area contributed by atoms with E-state index in [1.807, 2.05) is 28.8 Å².